The van der Waals surface area contributed by atoms with Crippen molar-refractivity contribution in [2.45, 2.75) is 37.3 Å². The Morgan fingerprint density at radius 3 is 2.67 bits per heavy atom. The summed E-state index contributed by atoms with van der Waals surface area (Å²) in [6.45, 7) is 2.47. The Hall–Kier alpha value is -2.01. The topological polar surface area (TPSA) is 48.0 Å². The number of benzene rings is 1. The van der Waals surface area contributed by atoms with Crippen LogP contribution in [-0.2, 0) is 14.9 Å². The molecule has 0 spiro atoms. The van der Waals surface area contributed by atoms with Gasteiger partial charge in [-0.2, -0.15) is 0 Å². The summed E-state index contributed by atoms with van der Waals surface area (Å²) in [6.07, 6.45) is 5.95. The third kappa shape index (κ3) is 2.77. The van der Waals surface area contributed by atoms with Crippen LogP contribution in [0.2, 0.25) is 0 Å². The number of methoxy groups -OCH3 is 2. The van der Waals surface area contributed by atoms with Crippen molar-refractivity contribution in [1.29, 1.82) is 0 Å². The van der Waals surface area contributed by atoms with Gasteiger partial charge in [0.2, 0.25) is 0 Å². The van der Waals surface area contributed by atoms with E-state index in [-0.39, 0.29) is 17.5 Å². The summed E-state index contributed by atoms with van der Waals surface area (Å²) in [5.41, 5.74) is 1.14. The highest BCUT2D eigenvalue weighted by molar-refractivity contribution is 5.66. The van der Waals surface area contributed by atoms with Gasteiger partial charge in [-0.05, 0) is 43.8 Å². The van der Waals surface area contributed by atoms with Crippen LogP contribution in [0.15, 0.2) is 30.4 Å². The maximum absolute atomic E-state index is 11.3. The molecule has 1 aliphatic heterocycles. The van der Waals surface area contributed by atoms with Crippen molar-refractivity contribution in [3.8, 4) is 11.5 Å². The smallest absolute Gasteiger partial charge is 0.303 e. The fourth-order valence-corrected chi connectivity index (χ4v) is 4.10. The lowest BCUT2D eigenvalue weighted by Gasteiger charge is -2.40. The minimum Gasteiger partial charge on any atom is -0.493 e. The number of likely N-dealkylation sites (N-methyl/N-ethyl adjacent to an activating group) is 1. The molecule has 0 bridgehead atoms. The van der Waals surface area contributed by atoms with Crippen LogP contribution in [-0.4, -0.2) is 50.8 Å². The molecule has 0 saturated carbocycles. The van der Waals surface area contributed by atoms with Crippen LogP contribution >= 0.6 is 0 Å². The van der Waals surface area contributed by atoms with Crippen LogP contribution in [0.1, 0.15) is 25.3 Å². The number of fused-ring (bicyclic) bond motifs is 1. The van der Waals surface area contributed by atoms with Crippen LogP contribution in [0.3, 0.4) is 0 Å². The molecule has 1 saturated heterocycles. The first kappa shape index (κ1) is 16.8. The zero-order chi connectivity index (χ0) is 17.3. The highest BCUT2D eigenvalue weighted by Gasteiger charge is 2.48. The number of ether oxygens (including phenoxy) is 3. The van der Waals surface area contributed by atoms with Gasteiger partial charge in [0.1, 0.15) is 6.10 Å². The van der Waals surface area contributed by atoms with E-state index in [0.717, 1.165) is 30.9 Å². The fourth-order valence-electron chi connectivity index (χ4n) is 4.10. The number of likely N-dealkylation sites (tertiary alicyclic amines) is 1. The van der Waals surface area contributed by atoms with Crippen LogP contribution in [0.4, 0.5) is 0 Å². The molecule has 1 fully saturated rings. The van der Waals surface area contributed by atoms with Gasteiger partial charge in [-0.25, -0.2) is 0 Å². The summed E-state index contributed by atoms with van der Waals surface area (Å²) >= 11 is 0. The summed E-state index contributed by atoms with van der Waals surface area (Å²) in [6, 6.07) is 6.44. The lowest BCUT2D eigenvalue weighted by Crippen LogP contribution is -2.45. The van der Waals surface area contributed by atoms with Crippen molar-refractivity contribution < 1.29 is 19.0 Å². The van der Waals surface area contributed by atoms with E-state index in [9.17, 15) is 4.79 Å². The summed E-state index contributed by atoms with van der Waals surface area (Å²) < 4.78 is 16.3. The molecule has 0 amide bonds. The number of rotatable bonds is 4. The third-order valence-electron chi connectivity index (χ3n) is 5.31. The van der Waals surface area contributed by atoms with E-state index >= 15 is 0 Å². The molecule has 3 rings (SSSR count). The molecule has 2 aliphatic rings. The van der Waals surface area contributed by atoms with Crippen molar-refractivity contribution >= 4 is 5.97 Å². The minimum absolute atomic E-state index is 0.0784. The number of esters is 1. The maximum atomic E-state index is 11.3. The van der Waals surface area contributed by atoms with E-state index in [1.165, 1.54) is 12.5 Å². The Morgan fingerprint density at radius 2 is 2.00 bits per heavy atom. The first-order valence-corrected chi connectivity index (χ1v) is 8.29. The van der Waals surface area contributed by atoms with Gasteiger partial charge in [0.05, 0.1) is 14.2 Å². The molecule has 1 heterocycles. The molecular weight excluding hydrogens is 306 g/mol. The van der Waals surface area contributed by atoms with E-state index in [0.29, 0.717) is 6.04 Å². The third-order valence-corrected chi connectivity index (χ3v) is 5.31. The number of carbonyl (C=O) groups is 1. The van der Waals surface area contributed by atoms with Crippen molar-refractivity contribution in [3.63, 3.8) is 0 Å². The van der Waals surface area contributed by atoms with Crippen LogP contribution in [0.5, 0.6) is 11.5 Å². The van der Waals surface area contributed by atoms with E-state index in [1.54, 1.807) is 14.2 Å². The van der Waals surface area contributed by atoms with E-state index in [2.05, 4.69) is 30.2 Å². The highest BCUT2D eigenvalue weighted by atomic mass is 16.5. The number of hydrogen-bond acceptors (Lipinski definition) is 5. The normalized spacial score (nSPS) is 29.2. The molecule has 1 aromatic rings. The SMILES string of the molecule is COc1ccc([C@@]23C=C[C@@H](OC(C)=O)C[C@@H]2N(C)CC3)cc1OC. The standard InChI is InChI=1S/C19H25NO4/c1-13(21)24-15-7-8-19(9-10-20(2)18(19)12-15)14-5-6-16(22-3)17(11-14)23-4/h5-8,11,15,18H,9-10,12H2,1-4H3/t15-,18+,19+/m1/s1. The average molecular weight is 331 g/mol. The molecule has 5 heteroatoms. The number of carbonyl (C=O) groups excluding carboxylic acids is 1. The summed E-state index contributed by atoms with van der Waals surface area (Å²) in [5.74, 6) is 1.25. The molecule has 0 aromatic heterocycles. The van der Waals surface area contributed by atoms with E-state index in [4.69, 9.17) is 14.2 Å². The van der Waals surface area contributed by atoms with Gasteiger partial charge in [0, 0.05) is 24.8 Å². The second-order valence-electron chi connectivity index (χ2n) is 6.60. The lowest BCUT2D eigenvalue weighted by atomic mass is 9.69. The van der Waals surface area contributed by atoms with Crippen molar-refractivity contribution in [3.05, 3.63) is 35.9 Å². The molecule has 1 aromatic carbocycles. The Morgan fingerprint density at radius 1 is 1.25 bits per heavy atom. The summed E-state index contributed by atoms with van der Waals surface area (Å²) in [7, 11) is 5.44. The molecule has 0 radical (unpaired) electrons. The van der Waals surface area contributed by atoms with Gasteiger partial charge in [-0.3, -0.25) is 4.79 Å². The van der Waals surface area contributed by atoms with Crippen molar-refractivity contribution in [2.75, 3.05) is 27.8 Å². The Labute approximate surface area is 143 Å². The van der Waals surface area contributed by atoms with Gasteiger partial charge < -0.3 is 19.1 Å². The first-order valence-electron chi connectivity index (χ1n) is 8.29. The van der Waals surface area contributed by atoms with Gasteiger partial charge in [0.25, 0.3) is 0 Å². The van der Waals surface area contributed by atoms with E-state index < -0.39 is 0 Å². The molecule has 24 heavy (non-hydrogen) atoms. The molecule has 0 unspecified atom stereocenters. The predicted molar refractivity (Wildman–Crippen MR) is 91.6 cm³/mol. The Kier molecular flexibility index (Phi) is 4.54. The zero-order valence-corrected chi connectivity index (χ0v) is 14.7. The Bertz CT molecular complexity index is 657. The van der Waals surface area contributed by atoms with E-state index in [1.807, 2.05) is 12.1 Å². The molecule has 130 valence electrons. The van der Waals surface area contributed by atoms with Gasteiger partial charge in [0.15, 0.2) is 11.5 Å². The van der Waals surface area contributed by atoms with Crippen molar-refractivity contribution in [2.24, 2.45) is 0 Å². The predicted octanol–water partition coefficient (Wildman–Crippen LogP) is 2.54. The van der Waals surface area contributed by atoms with Crippen molar-refractivity contribution in [1.82, 2.24) is 4.90 Å². The van der Waals surface area contributed by atoms with Crippen LogP contribution in [0, 0.1) is 0 Å². The van der Waals surface area contributed by atoms with Crippen LogP contribution in [0.25, 0.3) is 0 Å². The lowest BCUT2D eigenvalue weighted by molar-refractivity contribution is -0.145. The monoisotopic (exact) mass is 331 g/mol. The molecular formula is C19H25NO4. The average Bonchev–Trinajstić information content (AvgIpc) is 2.91. The number of nitrogens with zero attached hydrogens (tertiary/aromatic N) is 1. The second-order valence-corrected chi connectivity index (χ2v) is 6.60. The quantitative estimate of drug-likeness (QED) is 0.627. The minimum atomic E-state index is -0.232. The molecule has 3 atom stereocenters. The first-order chi connectivity index (χ1) is 11.5. The van der Waals surface area contributed by atoms with Gasteiger partial charge >= 0.3 is 5.97 Å². The zero-order valence-electron chi connectivity index (χ0n) is 14.7. The highest BCUT2D eigenvalue weighted by Crippen LogP contribution is 2.47. The fraction of sp³-hybridized carbons (Fsp3) is 0.526. The van der Waals surface area contributed by atoms with Gasteiger partial charge in [-0.1, -0.05) is 12.1 Å². The molecule has 5 nitrogen and oxygen atoms in total. The summed E-state index contributed by atoms with van der Waals surface area (Å²) in [5, 5.41) is 0. The maximum Gasteiger partial charge on any atom is 0.303 e. The second kappa shape index (κ2) is 6.48. The van der Waals surface area contributed by atoms with Crippen LogP contribution < -0.4 is 9.47 Å². The van der Waals surface area contributed by atoms with Gasteiger partial charge in [-0.15, -0.1) is 0 Å². The Balaban J connectivity index is 1.99. The molecule has 0 N–H and O–H groups in total. The molecule has 1 aliphatic carbocycles. The number of hydrogen-bond donors (Lipinski definition) is 0. The largest absolute Gasteiger partial charge is 0.493 e. The summed E-state index contributed by atoms with van der Waals surface area (Å²) in [4.78, 5) is 13.6.